The summed E-state index contributed by atoms with van der Waals surface area (Å²) in [6, 6.07) is 0. The van der Waals surface area contributed by atoms with Gasteiger partial charge in [-0.25, -0.2) is 0 Å². The minimum atomic E-state index is 0.912. The van der Waals surface area contributed by atoms with Gasteiger partial charge in [-0.05, 0) is 9.47 Å². The predicted molar refractivity (Wildman–Crippen MR) is 40.1 cm³/mol. The zero-order valence-corrected chi connectivity index (χ0v) is 8.46. The molecule has 0 aliphatic heterocycles. The number of hydrogen-bond donors (Lipinski definition) is 1. The molecule has 0 spiro atoms. The average molecular weight is 184 g/mol. The molecule has 2 unspecified atom stereocenters. The summed E-state index contributed by atoms with van der Waals surface area (Å²) in [7, 11) is 1.42. The van der Waals surface area contributed by atoms with Gasteiger partial charge in [0.25, 0.3) is 0 Å². The van der Waals surface area contributed by atoms with Crippen molar-refractivity contribution < 1.29 is 4.89 Å². The van der Waals surface area contributed by atoms with E-state index < -0.39 is 0 Å². The Balaban J connectivity index is 0. The fraction of sp³-hybridized carbons (Fsp3) is 1.00. The summed E-state index contributed by atoms with van der Waals surface area (Å²) < 4.78 is 0. The molecule has 3 heteroatoms. The van der Waals surface area contributed by atoms with Crippen molar-refractivity contribution in [2.24, 2.45) is 5.92 Å². The second-order valence-electron chi connectivity index (χ2n) is 1.63. The van der Waals surface area contributed by atoms with Gasteiger partial charge in [-0.2, -0.15) is 0 Å². The standard InChI is InChI=1S/C4H11As.H3OP/c1-4(2)3-5;1-2/h4H,3,5H2,1-2H3;1H,2H2. The van der Waals surface area contributed by atoms with E-state index in [4.69, 9.17) is 4.89 Å². The molecule has 1 N–H and O–H groups in total. The zero-order valence-electron chi connectivity index (χ0n) is 4.89. The largest absolute Gasteiger partial charge is 0.380 e. The second-order valence-corrected chi connectivity index (χ2v) is 2.62. The normalized spacial score (nSPS) is 7.71. The van der Waals surface area contributed by atoms with E-state index in [2.05, 4.69) is 13.8 Å². The fourth-order valence-electron chi connectivity index (χ4n) is 0. The summed E-state index contributed by atoms with van der Waals surface area (Å²) in [5.41, 5.74) is 0. The van der Waals surface area contributed by atoms with E-state index in [9.17, 15) is 0 Å². The van der Waals surface area contributed by atoms with Gasteiger partial charge in [-0.3, -0.25) is 0 Å². The van der Waals surface area contributed by atoms with Crippen LogP contribution in [0.25, 0.3) is 0 Å². The van der Waals surface area contributed by atoms with Gasteiger partial charge < -0.3 is 4.89 Å². The van der Waals surface area contributed by atoms with Crippen molar-refractivity contribution in [1.29, 1.82) is 0 Å². The van der Waals surface area contributed by atoms with Gasteiger partial charge in [0.15, 0.2) is 0 Å². The summed E-state index contributed by atoms with van der Waals surface area (Å²) in [5.74, 6) is 0.912. The first kappa shape index (κ1) is 10.8. The molecule has 0 aromatic rings. The Hall–Kier alpha value is 0.948. The Bertz CT molecular complexity index is 25.7. The van der Waals surface area contributed by atoms with Crippen LogP contribution in [-0.2, 0) is 0 Å². The van der Waals surface area contributed by atoms with Gasteiger partial charge in [0.2, 0.25) is 0 Å². The van der Waals surface area contributed by atoms with E-state index in [0.29, 0.717) is 0 Å². The van der Waals surface area contributed by atoms with Crippen LogP contribution in [0.2, 0.25) is 5.21 Å². The van der Waals surface area contributed by atoms with E-state index in [1.807, 2.05) is 16.9 Å². The molecule has 0 saturated heterocycles. The average Bonchev–Trinajstić information content (AvgIpc) is 1.73. The minimum absolute atomic E-state index is 0.912. The van der Waals surface area contributed by atoms with Crippen LogP contribution < -0.4 is 0 Å². The quantitative estimate of drug-likeness (QED) is 0.463. The molecule has 0 aliphatic rings. The molecule has 0 rings (SSSR count). The van der Waals surface area contributed by atoms with Gasteiger partial charge in [0.1, 0.15) is 0 Å². The van der Waals surface area contributed by atoms with E-state index in [0.717, 1.165) is 5.92 Å². The second kappa shape index (κ2) is 10.0. The first-order valence-electron chi connectivity index (χ1n) is 2.23. The number of rotatable bonds is 1. The Morgan fingerprint density at radius 3 is 1.71 bits per heavy atom. The van der Waals surface area contributed by atoms with Crippen LogP contribution in [0.15, 0.2) is 0 Å². The zero-order chi connectivity index (χ0) is 6.28. The molecule has 0 fully saturated rings. The maximum atomic E-state index is 6.92. The molecule has 2 atom stereocenters. The van der Waals surface area contributed by atoms with Crippen LogP contribution in [0.1, 0.15) is 13.8 Å². The molecule has 0 radical (unpaired) electrons. The monoisotopic (exact) mass is 184 g/mol. The molecular formula is C4H14AsOP. The van der Waals surface area contributed by atoms with E-state index in [1.165, 1.54) is 14.7 Å². The predicted octanol–water partition coefficient (Wildman–Crippen LogP) is 0.463. The number of hydrogen-bond acceptors (Lipinski definition) is 1. The van der Waals surface area contributed by atoms with Crippen molar-refractivity contribution in [2.45, 2.75) is 19.1 Å². The minimum Gasteiger partial charge on any atom is -0.380 e. The molecule has 7 heavy (non-hydrogen) atoms. The van der Waals surface area contributed by atoms with Crippen molar-refractivity contribution in [2.75, 3.05) is 0 Å². The molecule has 0 aliphatic carbocycles. The van der Waals surface area contributed by atoms with E-state index >= 15 is 0 Å². The molecule has 0 heterocycles. The van der Waals surface area contributed by atoms with Crippen LogP contribution >= 0.6 is 9.47 Å². The third-order valence-electron chi connectivity index (χ3n) is 0.471. The SMILES string of the molecule is CC(C)C[AsH2].OP. The molecule has 0 aromatic heterocycles. The van der Waals surface area contributed by atoms with Gasteiger partial charge >= 0.3 is 41.8 Å². The summed E-state index contributed by atoms with van der Waals surface area (Å²) in [5, 5.41) is 1.37. The van der Waals surface area contributed by atoms with Crippen LogP contribution in [0.5, 0.6) is 0 Å². The topological polar surface area (TPSA) is 20.2 Å². The van der Waals surface area contributed by atoms with Crippen LogP contribution in [0, 0.1) is 5.92 Å². The van der Waals surface area contributed by atoms with Crippen LogP contribution in [0.3, 0.4) is 0 Å². The molecule has 46 valence electrons. The Labute approximate surface area is 56.7 Å². The Morgan fingerprint density at radius 1 is 1.57 bits per heavy atom. The van der Waals surface area contributed by atoms with Gasteiger partial charge in [-0.15, -0.1) is 0 Å². The summed E-state index contributed by atoms with van der Waals surface area (Å²) in [4.78, 5) is 6.92. The van der Waals surface area contributed by atoms with E-state index in [1.54, 1.807) is 0 Å². The first-order chi connectivity index (χ1) is 3.27. The molecule has 0 aromatic carbocycles. The van der Waals surface area contributed by atoms with Crippen LogP contribution in [-0.4, -0.2) is 21.7 Å². The third-order valence-corrected chi connectivity index (χ3v) is 2.45. The first-order valence-corrected chi connectivity index (χ1v) is 4.46. The fourth-order valence-corrected chi connectivity index (χ4v) is 0. The molecule has 0 saturated carbocycles. The van der Waals surface area contributed by atoms with Gasteiger partial charge in [0.05, 0.1) is 0 Å². The third kappa shape index (κ3) is 19.6. The molecular weight excluding hydrogens is 170 g/mol. The summed E-state index contributed by atoms with van der Waals surface area (Å²) in [6.45, 7) is 4.48. The van der Waals surface area contributed by atoms with Gasteiger partial charge in [0, 0.05) is 0 Å². The van der Waals surface area contributed by atoms with Gasteiger partial charge in [-0.1, -0.05) is 0 Å². The van der Waals surface area contributed by atoms with Crippen molar-refractivity contribution in [3.8, 4) is 0 Å². The van der Waals surface area contributed by atoms with Crippen molar-refractivity contribution in [1.82, 2.24) is 0 Å². The Kier molecular flexibility index (Phi) is 15.6. The van der Waals surface area contributed by atoms with Crippen molar-refractivity contribution in [3.63, 3.8) is 0 Å². The van der Waals surface area contributed by atoms with Crippen molar-refractivity contribution >= 4 is 26.3 Å². The van der Waals surface area contributed by atoms with Crippen LogP contribution in [0.4, 0.5) is 0 Å². The smallest absolute Gasteiger partial charge is 0.00391 e. The molecule has 0 amide bonds. The Morgan fingerprint density at radius 2 is 1.71 bits per heavy atom. The summed E-state index contributed by atoms with van der Waals surface area (Å²) in [6.07, 6.45) is 0. The molecule has 1 nitrogen and oxygen atoms in total. The summed E-state index contributed by atoms with van der Waals surface area (Å²) >= 11 is 1.83. The van der Waals surface area contributed by atoms with Crippen molar-refractivity contribution in [3.05, 3.63) is 0 Å². The van der Waals surface area contributed by atoms with E-state index in [-0.39, 0.29) is 0 Å². The molecule has 0 bridgehead atoms. The maximum Gasteiger partial charge on any atom is -0.00391 e. The maximum absolute atomic E-state index is 6.92.